The Balaban J connectivity index is 1.87. The molecule has 1 aromatic heterocycles. The van der Waals surface area contributed by atoms with Gasteiger partial charge in [0, 0.05) is 23.5 Å². The van der Waals surface area contributed by atoms with Crippen molar-refractivity contribution in [2.45, 2.75) is 46.7 Å². The van der Waals surface area contributed by atoms with Gasteiger partial charge in [0.25, 0.3) is 0 Å². The molecule has 4 nitrogen and oxygen atoms in total. The van der Waals surface area contributed by atoms with E-state index in [1.807, 2.05) is 45.0 Å². The number of nitrogens with zero attached hydrogens (tertiary/aromatic N) is 1. The number of carbonyl (C=O) groups excluding carboxylic acids is 1. The number of rotatable bonds is 8. The molecule has 27 heavy (non-hydrogen) atoms. The SMILES string of the molecule is C=C(CCC(C)C(=O)Nc1ccc(C)cc1)Nc1nccc(C(C)F)c1C. The molecule has 0 aliphatic rings. The van der Waals surface area contributed by atoms with Crippen LogP contribution in [0.1, 0.15) is 49.6 Å². The lowest BCUT2D eigenvalue weighted by atomic mass is 10.0. The third kappa shape index (κ3) is 5.91. The Labute approximate surface area is 160 Å². The standard InChI is InChI=1S/C22H28FN3O/c1-14-6-10-19(11-7-14)26-22(27)15(2)8-9-16(3)25-21-17(4)20(18(5)23)12-13-24-21/h6-7,10-13,15,18H,3,8-9H2,1-2,4-5H3,(H,24,25)(H,26,27). The number of aromatic nitrogens is 1. The van der Waals surface area contributed by atoms with E-state index in [9.17, 15) is 9.18 Å². The van der Waals surface area contributed by atoms with Crippen molar-refractivity contribution in [2.24, 2.45) is 5.92 Å². The van der Waals surface area contributed by atoms with Crippen molar-refractivity contribution >= 4 is 17.4 Å². The van der Waals surface area contributed by atoms with Gasteiger partial charge < -0.3 is 10.6 Å². The molecule has 1 amide bonds. The quantitative estimate of drug-likeness (QED) is 0.627. The molecule has 1 heterocycles. The Morgan fingerprint density at radius 1 is 1.15 bits per heavy atom. The summed E-state index contributed by atoms with van der Waals surface area (Å²) in [6.07, 6.45) is 1.82. The summed E-state index contributed by atoms with van der Waals surface area (Å²) in [4.78, 5) is 16.6. The van der Waals surface area contributed by atoms with Gasteiger partial charge >= 0.3 is 0 Å². The van der Waals surface area contributed by atoms with Crippen LogP contribution >= 0.6 is 0 Å². The van der Waals surface area contributed by atoms with Crippen LogP contribution in [0.4, 0.5) is 15.9 Å². The molecular weight excluding hydrogens is 341 g/mol. The predicted molar refractivity (Wildman–Crippen MR) is 109 cm³/mol. The van der Waals surface area contributed by atoms with E-state index < -0.39 is 6.17 Å². The Hall–Kier alpha value is -2.69. The van der Waals surface area contributed by atoms with Crippen LogP contribution in [0, 0.1) is 19.8 Å². The van der Waals surface area contributed by atoms with E-state index in [1.54, 1.807) is 12.3 Å². The van der Waals surface area contributed by atoms with Crippen molar-refractivity contribution in [1.29, 1.82) is 0 Å². The van der Waals surface area contributed by atoms with Gasteiger partial charge in [0.15, 0.2) is 0 Å². The fraction of sp³-hybridized carbons (Fsp3) is 0.364. The molecule has 2 atom stereocenters. The number of halogens is 1. The van der Waals surface area contributed by atoms with E-state index in [-0.39, 0.29) is 11.8 Å². The van der Waals surface area contributed by atoms with E-state index in [4.69, 9.17) is 0 Å². The molecule has 0 fully saturated rings. The van der Waals surface area contributed by atoms with E-state index in [1.165, 1.54) is 6.92 Å². The average Bonchev–Trinajstić information content (AvgIpc) is 2.63. The van der Waals surface area contributed by atoms with Crippen molar-refractivity contribution in [3.05, 3.63) is 65.5 Å². The van der Waals surface area contributed by atoms with Gasteiger partial charge in [-0.2, -0.15) is 0 Å². The molecule has 0 aliphatic heterocycles. The maximum absolute atomic E-state index is 13.6. The fourth-order valence-corrected chi connectivity index (χ4v) is 2.76. The molecule has 2 aromatic rings. The van der Waals surface area contributed by atoms with Gasteiger partial charge in [-0.25, -0.2) is 9.37 Å². The van der Waals surface area contributed by atoms with Gasteiger partial charge in [-0.15, -0.1) is 0 Å². The second-order valence-corrected chi connectivity index (χ2v) is 7.01. The number of hydrogen-bond donors (Lipinski definition) is 2. The first-order valence-corrected chi connectivity index (χ1v) is 9.19. The van der Waals surface area contributed by atoms with Crippen molar-refractivity contribution in [1.82, 2.24) is 4.98 Å². The van der Waals surface area contributed by atoms with E-state index >= 15 is 0 Å². The van der Waals surface area contributed by atoms with Crippen LogP contribution in [-0.2, 0) is 4.79 Å². The zero-order valence-corrected chi connectivity index (χ0v) is 16.5. The highest BCUT2D eigenvalue weighted by Gasteiger charge is 2.15. The number of allylic oxidation sites excluding steroid dienone is 1. The van der Waals surface area contributed by atoms with Crippen LogP contribution in [0.3, 0.4) is 0 Å². The monoisotopic (exact) mass is 369 g/mol. The van der Waals surface area contributed by atoms with Gasteiger partial charge in [-0.3, -0.25) is 4.79 Å². The molecule has 0 spiro atoms. The van der Waals surface area contributed by atoms with Crippen LogP contribution in [-0.4, -0.2) is 10.9 Å². The Bertz CT molecular complexity index is 800. The predicted octanol–water partition coefficient (Wildman–Crippen LogP) is 5.71. The minimum Gasteiger partial charge on any atom is -0.344 e. The summed E-state index contributed by atoms with van der Waals surface area (Å²) in [6.45, 7) is 11.3. The third-order valence-corrected chi connectivity index (χ3v) is 4.62. The van der Waals surface area contributed by atoms with Crippen molar-refractivity contribution < 1.29 is 9.18 Å². The normalized spacial score (nSPS) is 12.9. The molecule has 2 unspecified atom stereocenters. The number of amides is 1. The van der Waals surface area contributed by atoms with Crippen LogP contribution in [0.15, 0.2) is 48.8 Å². The summed E-state index contributed by atoms with van der Waals surface area (Å²) < 4.78 is 13.6. The smallest absolute Gasteiger partial charge is 0.227 e. The summed E-state index contributed by atoms with van der Waals surface area (Å²) >= 11 is 0. The molecular formula is C22H28FN3O. The molecule has 0 saturated carbocycles. The lowest BCUT2D eigenvalue weighted by Gasteiger charge is -2.16. The first-order chi connectivity index (χ1) is 12.8. The summed E-state index contributed by atoms with van der Waals surface area (Å²) in [6, 6.07) is 9.41. The van der Waals surface area contributed by atoms with Gasteiger partial charge in [-0.05, 0) is 62.9 Å². The van der Waals surface area contributed by atoms with Crippen LogP contribution in [0.25, 0.3) is 0 Å². The first kappa shape index (κ1) is 20.6. The maximum Gasteiger partial charge on any atom is 0.227 e. The molecule has 0 bridgehead atoms. The lowest BCUT2D eigenvalue weighted by Crippen LogP contribution is -2.20. The number of pyridine rings is 1. The summed E-state index contributed by atoms with van der Waals surface area (Å²) in [5, 5.41) is 6.08. The average molecular weight is 369 g/mol. The van der Waals surface area contributed by atoms with Gasteiger partial charge in [0.05, 0.1) is 0 Å². The van der Waals surface area contributed by atoms with Crippen LogP contribution in [0.2, 0.25) is 0 Å². The number of alkyl halides is 1. The topological polar surface area (TPSA) is 54.0 Å². The highest BCUT2D eigenvalue weighted by atomic mass is 19.1. The summed E-state index contributed by atoms with van der Waals surface area (Å²) in [5.41, 5.74) is 4.10. The van der Waals surface area contributed by atoms with Crippen LogP contribution < -0.4 is 10.6 Å². The summed E-state index contributed by atoms with van der Waals surface area (Å²) in [7, 11) is 0. The number of aryl methyl sites for hydroxylation is 1. The minimum absolute atomic E-state index is 0.0192. The summed E-state index contributed by atoms with van der Waals surface area (Å²) in [5.74, 6) is 0.434. The molecule has 2 N–H and O–H groups in total. The highest BCUT2D eigenvalue weighted by molar-refractivity contribution is 5.92. The van der Waals surface area contributed by atoms with Crippen molar-refractivity contribution in [2.75, 3.05) is 10.6 Å². The lowest BCUT2D eigenvalue weighted by molar-refractivity contribution is -0.119. The van der Waals surface area contributed by atoms with Crippen LogP contribution in [0.5, 0.6) is 0 Å². The molecule has 2 rings (SSSR count). The Kier molecular flexibility index (Phi) is 7.11. The molecule has 0 radical (unpaired) electrons. The second-order valence-electron chi connectivity index (χ2n) is 7.01. The first-order valence-electron chi connectivity index (χ1n) is 9.19. The Morgan fingerprint density at radius 2 is 1.81 bits per heavy atom. The largest absolute Gasteiger partial charge is 0.344 e. The van der Waals surface area contributed by atoms with Crippen molar-refractivity contribution in [3.8, 4) is 0 Å². The number of carbonyl (C=O) groups is 1. The number of anilines is 2. The zero-order chi connectivity index (χ0) is 20.0. The Morgan fingerprint density at radius 3 is 2.44 bits per heavy atom. The second kappa shape index (κ2) is 9.31. The van der Waals surface area contributed by atoms with E-state index in [2.05, 4.69) is 22.2 Å². The van der Waals surface area contributed by atoms with Gasteiger partial charge in [0.2, 0.25) is 5.91 Å². The third-order valence-electron chi connectivity index (χ3n) is 4.62. The fourth-order valence-electron chi connectivity index (χ4n) is 2.76. The van der Waals surface area contributed by atoms with E-state index in [0.717, 1.165) is 22.5 Å². The van der Waals surface area contributed by atoms with E-state index in [0.29, 0.717) is 24.2 Å². The maximum atomic E-state index is 13.6. The molecule has 1 aromatic carbocycles. The molecule has 144 valence electrons. The van der Waals surface area contributed by atoms with Gasteiger partial charge in [-0.1, -0.05) is 31.2 Å². The highest BCUT2D eigenvalue weighted by Crippen LogP contribution is 2.26. The van der Waals surface area contributed by atoms with Gasteiger partial charge in [0.1, 0.15) is 12.0 Å². The number of benzene rings is 1. The minimum atomic E-state index is -1.05. The number of nitrogens with one attached hydrogen (secondary N) is 2. The van der Waals surface area contributed by atoms with Crippen molar-refractivity contribution in [3.63, 3.8) is 0 Å². The zero-order valence-electron chi connectivity index (χ0n) is 16.5. The molecule has 0 saturated heterocycles. The molecule has 0 aliphatic carbocycles. The molecule has 5 heteroatoms. The number of hydrogen-bond acceptors (Lipinski definition) is 3.